The molecule has 5 nitrogen and oxygen atoms in total. The van der Waals surface area contributed by atoms with Crippen molar-refractivity contribution in [2.24, 2.45) is 0 Å². The number of rotatable bonds is 6. The summed E-state index contributed by atoms with van der Waals surface area (Å²) >= 11 is 1.77. The lowest BCUT2D eigenvalue weighted by atomic mass is 9.88. The molecule has 5 rings (SSSR count). The van der Waals surface area contributed by atoms with Crippen molar-refractivity contribution in [1.29, 1.82) is 0 Å². The number of amides is 1. The molecule has 0 radical (unpaired) electrons. The molecule has 1 aromatic carbocycles. The third-order valence-corrected chi connectivity index (χ3v) is 8.02. The number of benzene rings is 1. The van der Waals surface area contributed by atoms with Crippen LogP contribution in [0.5, 0.6) is 0 Å². The summed E-state index contributed by atoms with van der Waals surface area (Å²) in [6, 6.07) is 14.5. The monoisotopic (exact) mass is 449 g/mol. The molecule has 1 aliphatic carbocycles. The zero-order chi connectivity index (χ0) is 21.9. The summed E-state index contributed by atoms with van der Waals surface area (Å²) in [7, 11) is 0. The maximum Gasteiger partial charge on any atom is 0.291 e. The molecular weight excluding hydrogens is 418 g/mol. The van der Waals surface area contributed by atoms with Crippen LogP contribution in [0.25, 0.3) is 0 Å². The Morgan fingerprint density at radius 3 is 2.56 bits per heavy atom. The maximum absolute atomic E-state index is 12.9. The van der Waals surface area contributed by atoms with Gasteiger partial charge >= 0.3 is 0 Å². The third-order valence-electron chi connectivity index (χ3n) is 6.79. The Hall–Kier alpha value is -2.41. The number of thiophene rings is 1. The normalized spacial score (nSPS) is 18.3. The summed E-state index contributed by atoms with van der Waals surface area (Å²) < 4.78 is 5.37. The predicted molar refractivity (Wildman–Crippen MR) is 130 cm³/mol. The van der Waals surface area contributed by atoms with Crippen molar-refractivity contribution >= 4 is 22.2 Å². The Morgan fingerprint density at radius 1 is 1.06 bits per heavy atom. The van der Waals surface area contributed by atoms with E-state index in [9.17, 15) is 4.79 Å². The summed E-state index contributed by atoms with van der Waals surface area (Å²) in [5.74, 6) is 0.188. The fourth-order valence-electron chi connectivity index (χ4n) is 5.08. The third kappa shape index (κ3) is 4.27. The lowest BCUT2D eigenvalue weighted by Gasteiger charge is -2.40. The van der Waals surface area contributed by atoms with Crippen LogP contribution in [0, 0.1) is 0 Å². The highest BCUT2D eigenvalue weighted by Gasteiger charge is 2.33. The van der Waals surface area contributed by atoms with Crippen molar-refractivity contribution < 1.29 is 9.21 Å². The molecule has 0 bridgehead atoms. The first-order valence-corrected chi connectivity index (χ1v) is 12.6. The lowest BCUT2D eigenvalue weighted by Crippen LogP contribution is -2.47. The van der Waals surface area contributed by atoms with Gasteiger partial charge in [0, 0.05) is 36.6 Å². The quantitative estimate of drug-likeness (QED) is 0.562. The van der Waals surface area contributed by atoms with Crippen LogP contribution in [0.3, 0.4) is 0 Å². The van der Waals surface area contributed by atoms with Gasteiger partial charge in [0.05, 0.1) is 12.3 Å². The van der Waals surface area contributed by atoms with Gasteiger partial charge in [0.15, 0.2) is 5.76 Å². The van der Waals surface area contributed by atoms with Crippen LogP contribution in [-0.2, 0) is 12.8 Å². The Labute approximate surface area is 194 Å². The van der Waals surface area contributed by atoms with E-state index < -0.39 is 0 Å². The molecule has 2 aromatic heterocycles. The number of hydrogen-bond acceptors (Lipinski definition) is 5. The van der Waals surface area contributed by atoms with Gasteiger partial charge in [-0.05, 0) is 55.5 Å². The standard InChI is InChI=1S/C26H31N3O2S/c1-2-28-14-16-29(17-15-28)24(19-9-4-3-5-10-19)23-20-11-6-7-13-22(20)32-26(23)27-25(30)21-12-8-18-31-21/h3-5,8-10,12,18,24H,2,6-7,11,13-17H2,1H3,(H,27,30)/t24-/m1/s1. The van der Waals surface area contributed by atoms with E-state index in [0.717, 1.165) is 50.6 Å². The van der Waals surface area contributed by atoms with E-state index in [1.165, 1.54) is 34.4 Å². The van der Waals surface area contributed by atoms with Gasteiger partial charge in [0.1, 0.15) is 5.00 Å². The molecular formula is C26H31N3O2S. The summed E-state index contributed by atoms with van der Waals surface area (Å²) in [5, 5.41) is 4.22. The molecule has 0 saturated carbocycles. The van der Waals surface area contributed by atoms with Crippen LogP contribution < -0.4 is 5.32 Å². The number of carbonyl (C=O) groups excluding carboxylic acids is 1. The van der Waals surface area contributed by atoms with Gasteiger partial charge < -0.3 is 14.6 Å². The SMILES string of the molecule is CCN1CCN([C@H](c2ccccc2)c2c(NC(=O)c3ccco3)sc3c2CCCC3)CC1. The lowest BCUT2D eigenvalue weighted by molar-refractivity contribution is 0.0995. The number of hydrogen-bond donors (Lipinski definition) is 1. The van der Waals surface area contributed by atoms with E-state index in [2.05, 4.69) is 52.4 Å². The molecule has 2 aliphatic rings. The Morgan fingerprint density at radius 2 is 1.84 bits per heavy atom. The zero-order valence-electron chi connectivity index (χ0n) is 18.7. The predicted octanol–water partition coefficient (Wildman–Crippen LogP) is 5.20. The molecule has 1 atom stereocenters. The van der Waals surface area contributed by atoms with Gasteiger partial charge in [0.25, 0.3) is 5.91 Å². The summed E-state index contributed by atoms with van der Waals surface area (Å²) in [5.41, 5.74) is 4.07. The minimum Gasteiger partial charge on any atom is -0.459 e. The highest BCUT2D eigenvalue weighted by Crippen LogP contribution is 2.45. The highest BCUT2D eigenvalue weighted by molar-refractivity contribution is 7.16. The minimum absolute atomic E-state index is 0.153. The number of piperazine rings is 1. The van der Waals surface area contributed by atoms with E-state index in [1.54, 1.807) is 29.7 Å². The van der Waals surface area contributed by atoms with Crippen LogP contribution in [0.1, 0.15) is 57.9 Å². The number of nitrogens with one attached hydrogen (secondary N) is 1. The molecule has 1 amide bonds. The molecule has 3 heterocycles. The van der Waals surface area contributed by atoms with Crippen LogP contribution in [-0.4, -0.2) is 48.4 Å². The average Bonchev–Trinajstić information content (AvgIpc) is 3.50. The second-order valence-electron chi connectivity index (χ2n) is 8.67. The fraction of sp³-hybridized carbons (Fsp3) is 0.423. The van der Waals surface area contributed by atoms with E-state index in [4.69, 9.17) is 4.42 Å². The molecule has 6 heteroatoms. The van der Waals surface area contributed by atoms with Crippen molar-refractivity contribution in [2.75, 3.05) is 38.0 Å². The summed E-state index contributed by atoms with van der Waals surface area (Å²) in [6.07, 6.45) is 6.19. The van der Waals surface area contributed by atoms with Crippen LogP contribution >= 0.6 is 11.3 Å². The first kappa shape index (κ1) is 21.4. The zero-order valence-corrected chi connectivity index (χ0v) is 19.5. The van der Waals surface area contributed by atoms with E-state index in [-0.39, 0.29) is 11.9 Å². The van der Waals surface area contributed by atoms with Crippen LogP contribution in [0.15, 0.2) is 53.1 Å². The number of anilines is 1. The second kappa shape index (κ2) is 9.61. The fourth-order valence-corrected chi connectivity index (χ4v) is 6.39. The first-order chi connectivity index (χ1) is 15.7. The van der Waals surface area contributed by atoms with Gasteiger partial charge in [0.2, 0.25) is 0 Å². The molecule has 1 saturated heterocycles. The van der Waals surface area contributed by atoms with Crippen molar-refractivity contribution in [3.63, 3.8) is 0 Å². The molecule has 1 fully saturated rings. The molecule has 1 aliphatic heterocycles. The van der Waals surface area contributed by atoms with Crippen molar-refractivity contribution in [3.05, 3.63) is 76.1 Å². The Balaban J connectivity index is 1.57. The van der Waals surface area contributed by atoms with Crippen LogP contribution in [0.4, 0.5) is 5.00 Å². The van der Waals surface area contributed by atoms with Gasteiger partial charge in [-0.1, -0.05) is 37.3 Å². The largest absolute Gasteiger partial charge is 0.459 e. The number of aryl methyl sites for hydroxylation is 1. The summed E-state index contributed by atoms with van der Waals surface area (Å²) in [6.45, 7) is 7.57. The number of fused-ring (bicyclic) bond motifs is 1. The molecule has 0 unspecified atom stereocenters. The van der Waals surface area contributed by atoms with Crippen LogP contribution in [0.2, 0.25) is 0 Å². The number of likely N-dealkylation sites (N-methyl/N-ethyl adjacent to an activating group) is 1. The van der Waals surface area contributed by atoms with E-state index in [0.29, 0.717) is 5.76 Å². The maximum atomic E-state index is 12.9. The van der Waals surface area contributed by atoms with Gasteiger partial charge in [-0.3, -0.25) is 9.69 Å². The van der Waals surface area contributed by atoms with Crippen molar-refractivity contribution in [2.45, 2.75) is 38.6 Å². The Kier molecular flexibility index (Phi) is 6.44. The minimum atomic E-state index is -0.169. The molecule has 0 spiro atoms. The second-order valence-corrected chi connectivity index (χ2v) is 9.77. The topological polar surface area (TPSA) is 48.7 Å². The van der Waals surface area contributed by atoms with E-state index >= 15 is 0 Å². The number of carbonyl (C=O) groups is 1. The molecule has 1 N–H and O–H groups in total. The average molecular weight is 450 g/mol. The molecule has 32 heavy (non-hydrogen) atoms. The van der Waals surface area contributed by atoms with E-state index in [1.807, 2.05) is 0 Å². The van der Waals surface area contributed by atoms with Crippen molar-refractivity contribution in [3.8, 4) is 0 Å². The number of furan rings is 1. The summed E-state index contributed by atoms with van der Waals surface area (Å²) in [4.78, 5) is 19.5. The highest BCUT2D eigenvalue weighted by atomic mass is 32.1. The van der Waals surface area contributed by atoms with Gasteiger partial charge in [-0.15, -0.1) is 11.3 Å². The molecule has 3 aromatic rings. The van der Waals surface area contributed by atoms with Gasteiger partial charge in [-0.25, -0.2) is 0 Å². The first-order valence-electron chi connectivity index (χ1n) is 11.7. The van der Waals surface area contributed by atoms with Crippen molar-refractivity contribution in [1.82, 2.24) is 9.80 Å². The number of nitrogens with zero attached hydrogens (tertiary/aromatic N) is 2. The Bertz CT molecular complexity index is 1040. The van der Waals surface area contributed by atoms with Gasteiger partial charge in [-0.2, -0.15) is 0 Å². The molecule has 168 valence electrons. The smallest absolute Gasteiger partial charge is 0.291 e.